The summed E-state index contributed by atoms with van der Waals surface area (Å²) in [7, 11) is 0. The van der Waals surface area contributed by atoms with Gasteiger partial charge in [0.1, 0.15) is 0 Å². The van der Waals surface area contributed by atoms with Gasteiger partial charge in [0, 0.05) is 0 Å². The minimum atomic E-state index is -0.454. The van der Waals surface area contributed by atoms with Crippen LogP contribution in [0.25, 0.3) is 10.2 Å². The van der Waals surface area contributed by atoms with Crippen molar-refractivity contribution in [3.05, 3.63) is 46.8 Å². The van der Waals surface area contributed by atoms with E-state index >= 15 is 0 Å². The van der Waals surface area contributed by atoms with Gasteiger partial charge < -0.3 is 15.1 Å². The second-order valence-corrected chi connectivity index (χ2v) is 6.13. The van der Waals surface area contributed by atoms with E-state index in [1.165, 1.54) is 17.4 Å². The van der Waals surface area contributed by atoms with Crippen LogP contribution in [0.3, 0.4) is 0 Å². The molecule has 1 aromatic carbocycles. The number of carbonyl (C=O) groups is 2. The van der Waals surface area contributed by atoms with Crippen molar-refractivity contribution in [1.82, 2.24) is 10.3 Å². The van der Waals surface area contributed by atoms with Crippen molar-refractivity contribution in [3.8, 4) is 0 Å². The molecule has 3 aromatic rings. The zero-order chi connectivity index (χ0) is 15.5. The van der Waals surface area contributed by atoms with Crippen molar-refractivity contribution in [3.63, 3.8) is 0 Å². The molecule has 3 rings (SSSR count). The number of nitrogens with one attached hydrogen (secondary N) is 2. The highest BCUT2D eigenvalue weighted by molar-refractivity contribution is 9.10. The van der Waals surface area contributed by atoms with Crippen molar-refractivity contribution in [2.45, 2.75) is 0 Å². The molecule has 0 unspecified atom stereocenters. The number of rotatable bonds is 4. The molecule has 0 aliphatic carbocycles. The first kappa shape index (κ1) is 14.7. The molecule has 0 atom stereocenters. The summed E-state index contributed by atoms with van der Waals surface area (Å²) < 4.78 is 6.54. The Morgan fingerprint density at radius 3 is 2.77 bits per heavy atom. The Labute approximate surface area is 137 Å². The predicted molar refractivity (Wildman–Crippen MR) is 87.0 cm³/mol. The van der Waals surface area contributed by atoms with E-state index in [9.17, 15) is 9.59 Å². The summed E-state index contributed by atoms with van der Waals surface area (Å²) in [5.41, 5.74) is 0.826. The highest BCUT2D eigenvalue weighted by atomic mass is 79.9. The molecule has 22 heavy (non-hydrogen) atoms. The topological polar surface area (TPSA) is 84.2 Å². The maximum absolute atomic E-state index is 11.8. The molecule has 8 heteroatoms. The SMILES string of the molecule is O=C(CNC(=O)c1ccc(Br)o1)Nc1nc2ccccc2s1. The average molecular weight is 380 g/mol. The van der Waals surface area contributed by atoms with Gasteiger partial charge in [0.2, 0.25) is 5.91 Å². The molecule has 2 aromatic heterocycles. The monoisotopic (exact) mass is 379 g/mol. The molecule has 0 bridgehead atoms. The number of amides is 2. The fraction of sp³-hybridized carbons (Fsp3) is 0.0714. The van der Waals surface area contributed by atoms with Gasteiger partial charge >= 0.3 is 0 Å². The molecule has 0 spiro atoms. The normalized spacial score (nSPS) is 10.6. The predicted octanol–water partition coefficient (Wildman–Crippen LogP) is 3.02. The van der Waals surface area contributed by atoms with Crippen molar-refractivity contribution in [1.29, 1.82) is 0 Å². The molecule has 0 saturated carbocycles. The highest BCUT2D eigenvalue weighted by Gasteiger charge is 2.13. The summed E-state index contributed by atoms with van der Waals surface area (Å²) in [6, 6.07) is 10.7. The van der Waals surface area contributed by atoms with Gasteiger partial charge in [0.05, 0.1) is 16.8 Å². The Morgan fingerprint density at radius 2 is 2.05 bits per heavy atom. The number of benzene rings is 1. The van der Waals surface area contributed by atoms with E-state index in [2.05, 4.69) is 31.5 Å². The van der Waals surface area contributed by atoms with Crippen molar-refractivity contribution >= 4 is 54.4 Å². The number of hydrogen-bond donors (Lipinski definition) is 2. The van der Waals surface area contributed by atoms with Crippen LogP contribution >= 0.6 is 27.3 Å². The number of carbonyl (C=O) groups excluding carboxylic acids is 2. The fourth-order valence-electron chi connectivity index (χ4n) is 1.77. The number of nitrogens with zero attached hydrogens (tertiary/aromatic N) is 1. The molecule has 0 radical (unpaired) electrons. The van der Waals surface area contributed by atoms with E-state index in [4.69, 9.17) is 4.42 Å². The smallest absolute Gasteiger partial charge is 0.287 e. The van der Waals surface area contributed by atoms with Gasteiger partial charge in [0.15, 0.2) is 15.6 Å². The summed E-state index contributed by atoms with van der Waals surface area (Å²) in [6.45, 7) is -0.160. The fourth-order valence-corrected chi connectivity index (χ4v) is 2.96. The first-order valence-electron chi connectivity index (χ1n) is 6.31. The number of fused-ring (bicyclic) bond motifs is 1. The Morgan fingerprint density at radius 1 is 1.23 bits per heavy atom. The van der Waals surface area contributed by atoms with Crippen LogP contribution in [0.5, 0.6) is 0 Å². The van der Waals surface area contributed by atoms with E-state index < -0.39 is 5.91 Å². The van der Waals surface area contributed by atoms with Crippen molar-refractivity contribution in [2.24, 2.45) is 0 Å². The third-order valence-corrected chi connectivity index (χ3v) is 4.12. The lowest BCUT2D eigenvalue weighted by molar-refractivity contribution is -0.115. The molecule has 0 aliphatic rings. The molecular weight excluding hydrogens is 370 g/mol. The quantitative estimate of drug-likeness (QED) is 0.729. The van der Waals surface area contributed by atoms with Crippen molar-refractivity contribution in [2.75, 3.05) is 11.9 Å². The minimum absolute atomic E-state index is 0.139. The number of para-hydroxylation sites is 1. The van der Waals surface area contributed by atoms with Crippen LogP contribution in [0.2, 0.25) is 0 Å². The van der Waals surface area contributed by atoms with Crippen LogP contribution in [0.1, 0.15) is 10.6 Å². The number of hydrogen-bond acceptors (Lipinski definition) is 5. The summed E-state index contributed by atoms with van der Waals surface area (Å²) >= 11 is 4.49. The summed E-state index contributed by atoms with van der Waals surface area (Å²) in [6.07, 6.45) is 0. The maximum atomic E-state index is 11.8. The zero-order valence-electron chi connectivity index (χ0n) is 11.1. The number of halogens is 1. The van der Waals surface area contributed by atoms with Gasteiger partial charge in [-0.1, -0.05) is 23.5 Å². The van der Waals surface area contributed by atoms with Gasteiger partial charge in [0.25, 0.3) is 5.91 Å². The molecule has 112 valence electrons. The molecule has 2 amide bonds. The zero-order valence-corrected chi connectivity index (χ0v) is 13.5. The van der Waals surface area contributed by atoms with Crippen LogP contribution < -0.4 is 10.6 Å². The molecular formula is C14H10BrN3O3S. The first-order valence-corrected chi connectivity index (χ1v) is 7.92. The van der Waals surface area contributed by atoms with Gasteiger partial charge in [-0.3, -0.25) is 9.59 Å². The average Bonchev–Trinajstić information content (AvgIpc) is 3.10. The van der Waals surface area contributed by atoms with Gasteiger partial charge in [-0.25, -0.2) is 4.98 Å². The van der Waals surface area contributed by atoms with Crippen LogP contribution in [-0.4, -0.2) is 23.3 Å². The van der Waals surface area contributed by atoms with E-state index in [-0.39, 0.29) is 18.2 Å². The molecule has 0 fully saturated rings. The van der Waals surface area contributed by atoms with E-state index in [1.54, 1.807) is 6.07 Å². The second kappa shape index (κ2) is 6.29. The van der Waals surface area contributed by atoms with Gasteiger partial charge in [-0.2, -0.15) is 0 Å². The Kier molecular flexibility index (Phi) is 4.21. The van der Waals surface area contributed by atoms with E-state index in [1.807, 2.05) is 24.3 Å². The van der Waals surface area contributed by atoms with Crippen LogP contribution in [0, 0.1) is 0 Å². The van der Waals surface area contributed by atoms with Crippen LogP contribution in [0.15, 0.2) is 45.5 Å². The summed E-state index contributed by atoms with van der Waals surface area (Å²) in [5, 5.41) is 5.64. The third kappa shape index (κ3) is 3.34. The van der Waals surface area contributed by atoms with Crippen molar-refractivity contribution < 1.29 is 14.0 Å². The third-order valence-electron chi connectivity index (χ3n) is 2.75. The minimum Gasteiger partial charge on any atom is -0.444 e. The molecule has 2 heterocycles. The van der Waals surface area contributed by atoms with Gasteiger partial charge in [-0.05, 0) is 40.2 Å². The molecule has 2 N–H and O–H groups in total. The molecule has 0 aliphatic heterocycles. The van der Waals surface area contributed by atoms with E-state index in [0.29, 0.717) is 9.80 Å². The standard InChI is InChI=1S/C14H10BrN3O3S/c15-11-6-5-9(21-11)13(20)16-7-12(19)18-14-17-8-3-1-2-4-10(8)22-14/h1-6H,7H2,(H,16,20)(H,17,18,19). The Hall–Kier alpha value is -2.19. The molecule has 0 saturated heterocycles. The van der Waals surface area contributed by atoms with Gasteiger partial charge in [-0.15, -0.1) is 0 Å². The Balaban J connectivity index is 1.57. The number of furan rings is 1. The molecule has 6 nitrogen and oxygen atoms in total. The van der Waals surface area contributed by atoms with Crippen LogP contribution in [-0.2, 0) is 4.79 Å². The lowest BCUT2D eigenvalue weighted by Gasteiger charge is -2.02. The maximum Gasteiger partial charge on any atom is 0.287 e. The number of thiazole rings is 1. The lowest BCUT2D eigenvalue weighted by Crippen LogP contribution is -2.32. The first-order chi connectivity index (χ1) is 10.6. The number of aromatic nitrogens is 1. The van der Waals surface area contributed by atoms with Crippen LogP contribution in [0.4, 0.5) is 5.13 Å². The largest absolute Gasteiger partial charge is 0.444 e. The summed E-state index contributed by atoms with van der Waals surface area (Å²) in [4.78, 5) is 27.9. The number of anilines is 1. The van der Waals surface area contributed by atoms with E-state index in [0.717, 1.165) is 10.2 Å². The Bertz CT molecular complexity index is 810. The summed E-state index contributed by atoms with van der Waals surface area (Å²) in [5.74, 6) is -0.664. The lowest BCUT2D eigenvalue weighted by atomic mass is 10.3. The highest BCUT2D eigenvalue weighted by Crippen LogP contribution is 2.25. The second-order valence-electron chi connectivity index (χ2n) is 4.32.